The van der Waals surface area contributed by atoms with Crippen molar-refractivity contribution in [2.45, 2.75) is 46.2 Å². The second-order valence-electron chi connectivity index (χ2n) is 5.12. The van der Waals surface area contributed by atoms with Gasteiger partial charge >= 0.3 is 0 Å². The van der Waals surface area contributed by atoms with Gasteiger partial charge < -0.3 is 10.4 Å². The molecule has 0 radical (unpaired) electrons. The molecule has 0 spiro atoms. The Kier molecular flexibility index (Phi) is 4.78. The Morgan fingerprint density at radius 3 is 2.40 bits per heavy atom. The Bertz CT molecular complexity index is 562. The number of hydrogen-bond acceptors (Lipinski definition) is 4. The highest BCUT2D eigenvalue weighted by atomic mass is 32.1. The van der Waals surface area contributed by atoms with Crippen molar-refractivity contribution in [3.63, 3.8) is 0 Å². The number of nitrogens with zero attached hydrogens (tertiary/aromatic N) is 1. The van der Waals surface area contributed by atoms with E-state index < -0.39 is 0 Å². The normalized spacial score (nSPS) is 14.2. The molecule has 0 aliphatic rings. The van der Waals surface area contributed by atoms with Crippen molar-refractivity contribution >= 4 is 11.3 Å². The summed E-state index contributed by atoms with van der Waals surface area (Å²) in [5, 5.41) is 14.2. The molecule has 2 rings (SSSR count). The molecule has 4 heteroatoms. The van der Waals surface area contributed by atoms with E-state index in [0.717, 1.165) is 17.1 Å². The van der Waals surface area contributed by atoms with Crippen molar-refractivity contribution in [3.8, 4) is 5.75 Å². The number of thiazole rings is 1. The molecule has 1 heterocycles. The number of phenols is 1. The maximum absolute atomic E-state index is 9.38. The molecule has 0 amide bonds. The van der Waals surface area contributed by atoms with E-state index in [9.17, 15) is 5.11 Å². The Hall–Kier alpha value is -1.39. The average Bonchev–Trinajstić information content (AvgIpc) is 2.76. The number of phenolic OH excluding ortho intramolecular Hbond substituents is 1. The monoisotopic (exact) mass is 290 g/mol. The summed E-state index contributed by atoms with van der Waals surface area (Å²) in [6, 6.07) is 8.01. The topological polar surface area (TPSA) is 45.2 Å². The molecule has 2 unspecified atom stereocenters. The van der Waals surface area contributed by atoms with Gasteiger partial charge in [-0.25, -0.2) is 4.98 Å². The molecule has 1 aromatic heterocycles. The first-order chi connectivity index (χ1) is 9.51. The van der Waals surface area contributed by atoms with Crippen molar-refractivity contribution in [1.82, 2.24) is 10.3 Å². The smallest absolute Gasteiger partial charge is 0.115 e. The number of aromatic nitrogens is 1. The van der Waals surface area contributed by atoms with Crippen LogP contribution in [0.1, 0.15) is 53.5 Å². The molecule has 0 saturated carbocycles. The zero-order valence-corrected chi connectivity index (χ0v) is 13.3. The molecule has 2 atom stereocenters. The fourth-order valence-corrected chi connectivity index (χ4v) is 3.42. The van der Waals surface area contributed by atoms with E-state index in [0.29, 0.717) is 5.75 Å². The van der Waals surface area contributed by atoms with Crippen LogP contribution in [0.3, 0.4) is 0 Å². The molecule has 0 bridgehead atoms. The molecule has 0 aliphatic carbocycles. The molecule has 2 N–H and O–H groups in total. The van der Waals surface area contributed by atoms with Crippen LogP contribution in [0.2, 0.25) is 0 Å². The van der Waals surface area contributed by atoms with Crippen LogP contribution in [-0.4, -0.2) is 10.1 Å². The van der Waals surface area contributed by atoms with E-state index in [2.05, 4.69) is 31.1 Å². The molecule has 0 aliphatic heterocycles. The molecule has 2 aromatic rings. The van der Waals surface area contributed by atoms with E-state index in [1.807, 2.05) is 19.1 Å². The lowest BCUT2D eigenvalue weighted by Gasteiger charge is -2.22. The summed E-state index contributed by atoms with van der Waals surface area (Å²) in [4.78, 5) is 5.80. The summed E-state index contributed by atoms with van der Waals surface area (Å²) in [5.74, 6) is 0.311. The number of rotatable bonds is 5. The third-order valence-electron chi connectivity index (χ3n) is 3.49. The van der Waals surface area contributed by atoms with Crippen LogP contribution in [0.5, 0.6) is 5.75 Å². The van der Waals surface area contributed by atoms with Gasteiger partial charge in [0.05, 0.1) is 10.7 Å². The fourth-order valence-electron chi connectivity index (χ4n) is 2.48. The van der Waals surface area contributed by atoms with Gasteiger partial charge in [-0.1, -0.05) is 19.1 Å². The minimum Gasteiger partial charge on any atom is -0.508 e. The summed E-state index contributed by atoms with van der Waals surface area (Å²) in [6.07, 6.45) is 1.01. The lowest BCUT2D eigenvalue weighted by molar-refractivity contribution is 0.455. The van der Waals surface area contributed by atoms with Crippen LogP contribution in [0, 0.1) is 13.8 Å². The van der Waals surface area contributed by atoms with Crippen LogP contribution in [0.25, 0.3) is 0 Å². The van der Waals surface area contributed by atoms with Crippen LogP contribution < -0.4 is 5.32 Å². The maximum atomic E-state index is 9.38. The summed E-state index contributed by atoms with van der Waals surface area (Å²) in [5.41, 5.74) is 2.32. The average molecular weight is 290 g/mol. The van der Waals surface area contributed by atoms with Gasteiger partial charge in [-0.05, 0) is 44.9 Å². The maximum Gasteiger partial charge on any atom is 0.115 e. The quantitative estimate of drug-likeness (QED) is 0.864. The van der Waals surface area contributed by atoms with Crippen molar-refractivity contribution in [2.75, 3.05) is 0 Å². The third-order valence-corrected chi connectivity index (χ3v) is 4.74. The predicted octanol–water partition coefficient (Wildman–Crippen LogP) is 4.27. The van der Waals surface area contributed by atoms with Crippen molar-refractivity contribution in [1.29, 1.82) is 0 Å². The van der Waals surface area contributed by atoms with Crippen LogP contribution in [-0.2, 0) is 0 Å². The van der Waals surface area contributed by atoms with Gasteiger partial charge in [0.25, 0.3) is 0 Å². The highest BCUT2D eigenvalue weighted by Gasteiger charge is 2.17. The minimum atomic E-state index is 0.278. The van der Waals surface area contributed by atoms with Crippen LogP contribution in [0.15, 0.2) is 24.3 Å². The molecule has 0 fully saturated rings. The number of aryl methyl sites for hydroxylation is 2. The van der Waals surface area contributed by atoms with E-state index in [-0.39, 0.29) is 12.1 Å². The van der Waals surface area contributed by atoms with Gasteiger partial charge in [-0.3, -0.25) is 0 Å². The van der Waals surface area contributed by atoms with E-state index >= 15 is 0 Å². The van der Waals surface area contributed by atoms with E-state index in [4.69, 9.17) is 0 Å². The van der Waals surface area contributed by atoms with E-state index in [1.165, 1.54) is 10.4 Å². The van der Waals surface area contributed by atoms with Crippen LogP contribution >= 0.6 is 11.3 Å². The predicted molar refractivity (Wildman–Crippen MR) is 84.3 cm³/mol. The highest BCUT2D eigenvalue weighted by Crippen LogP contribution is 2.28. The number of benzene rings is 1. The molecular formula is C16H22N2OS. The Labute approximate surface area is 124 Å². The zero-order valence-electron chi connectivity index (χ0n) is 12.5. The molecular weight excluding hydrogens is 268 g/mol. The highest BCUT2D eigenvalue weighted by molar-refractivity contribution is 7.11. The van der Waals surface area contributed by atoms with Crippen LogP contribution in [0.4, 0.5) is 0 Å². The summed E-state index contributed by atoms with van der Waals surface area (Å²) in [7, 11) is 0. The lowest BCUT2D eigenvalue weighted by atomic mass is 10.0. The Morgan fingerprint density at radius 1 is 1.25 bits per heavy atom. The second-order valence-corrected chi connectivity index (χ2v) is 6.36. The summed E-state index contributed by atoms with van der Waals surface area (Å²) >= 11 is 1.76. The lowest BCUT2D eigenvalue weighted by Crippen LogP contribution is -2.24. The first-order valence-corrected chi connectivity index (χ1v) is 7.81. The standard InChI is InChI=1S/C16H22N2OS/c1-5-15(13-6-8-14(19)9-7-13)18-11(3)16-10(2)17-12(4)20-16/h6-9,11,15,18-19H,5H2,1-4H3. The third kappa shape index (κ3) is 3.38. The number of nitrogens with one attached hydrogen (secondary N) is 1. The van der Waals surface area contributed by atoms with Gasteiger partial charge in [0.1, 0.15) is 5.75 Å². The van der Waals surface area contributed by atoms with Crippen molar-refractivity contribution in [2.24, 2.45) is 0 Å². The summed E-state index contributed by atoms with van der Waals surface area (Å²) in [6.45, 7) is 8.47. The number of aromatic hydroxyl groups is 1. The summed E-state index contributed by atoms with van der Waals surface area (Å²) < 4.78 is 0. The van der Waals surface area contributed by atoms with Crippen molar-refractivity contribution < 1.29 is 5.11 Å². The molecule has 108 valence electrons. The Morgan fingerprint density at radius 2 is 1.90 bits per heavy atom. The Balaban J connectivity index is 2.13. The molecule has 1 aromatic carbocycles. The van der Waals surface area contributed by atoms with E-state index in [1.54, 1.807) is 23.5 Å². The van der Waals surface area contributed by atoms with Gasteiger partial charge in [-0.15, -0.1) is 11.3 Å². The van der Waals surface area contributed by atoms with Crippen molar-refractivity contribution in [3.05, 3.63) is 45.4 Å². The van der Waals surface area contributed by atoms with Gasteiger partial charge in [0.15, 0.2) is 0 Å². The zero-order chi connectivity index (χ0) is 14.7. The first-order valence-electron chi connectivity index (χ1n) is 7.00. The van der Waals surface area contributed by atoms with Gasteiger partial charge in [0, 0.05) is 17.0 Å². The first kappa shape index (κ1) is 15.0. The second kappa shape index (κ2) is 6.37. The molecule has 0 saturated heterocycles. The largest absolute Gasteiger partial charge is 0.508 e. The minimum absolute atomic E-state index is 0.278. The fraction of sp³-hybridized carbons (Fsp3) is 0.438. The number of hydrogen-bond donors (Lipinski definition) is 2. The van der Waals surface area contributed by atoms with Gasteiger partial charge in [-0.2, -0.15) is 0 Å². The van der Waals surface area contributed by atoms with Gasteiger partial charge in [0.2, 0.25) is 0 Å². The molecule has 20 heavy (non-hydrogen) atoms. The molecule has 3 nitrogen and oxygen atoms in total. The SMILES string of the molecule is CCC(NC(C)c1sc(C)nc1C)c1ccc(O)cc1.